The standard InChI is InChI=1S/C28H32N6O2/c1-29-27-25-16-30-26(32-28(35)20-8-9-20)14-24(25)21(15-31-27)7-4-19-5-10-22(11-6-19)34-13-12-33(2)17-23(18-34)36-3/h5-6,10-11,14-16,20,23H,8-9,12-13,17-18H2,1-3H3,(H,29,31)(H,30,32,35). The summed E-state index contributed by atoms with van der Waals surface area (Å²) in [5, 5.41) is 7.80. The van der Waals surface area contributed by atoms with Crippen molar-refractivity contribution in [2.45, 2.75) is 18.9 Å². The van der Waals surface area contributed by atoms with Crippen molar-refractivity contribution in [3.05, 3.63) is 53.9 Å². The highest BCUT2D eigenvalue weighted by molar-refractivity contribution is 5.99. The molecule has 1 atom stereocenters. The Morgan fingerprint density at radius 1 is 1.06 bits per heavy atom. The van der Waals surface area contributed by atoms with Gasteiger partial charge in [-0.05, 0) is 50.2 Å². The van der Waals surface area contributed by atoms with Gasteiger partial charge in [-0.15, -0.1) is 0 Å². The largest absolute Gasteiger partial charge is 0.378 e. The maximum absolute atomic E-state index is 12.2. The van der Waals surface area contributed by atoms with Crippen LogP contribution >= 0.6 is 0 Å². The van der Waals surface area contributed by atoms with E-state index in [1.165, 1.54) is 5.69 Å². The van der Waals surface area contributed by atoms with Gasteiger partial charge in [0.25, 0.3) is 0 Å². The molecule has 0 spiro atoms. The number of carbonyl (C=O) groups is 1. The van der Waals surface area contributed by atoms with E-state index in [-0.39, 0.29) is 17.9 Å². The molecule has 1 amide bonds. The molecule has 3 heterocycles. The number of benzene rings is 1. The van der Waals surface area contributed by atoms with E-state index in [0.29, 0.717) is 5.82 Å². The monoisotopic (exact) mass is 484 g/mol. The van der Waals surface area contributed by atoms with Crippen molar-refractivity contribution in [3.63, 3.8) is 0 Å². The van der Waals surface area contributed by atoms with E-state index >= 15 is 0 Å². The van der Waals surface area contributed by atoms with Crippen molar-refractivity contribution >= 4 is 34.0 Å². The van der Waals surface area contributed by atoms with Gasteiger partial charge in [0.15, 0.2) is 0 Å². The van der Waals surface area contributed by atoms with E-state index in [1.54, 1.807) is 19.5 Å². The van der Waals surface area contributed by atoms with Crippen molar-refractivity contribution in [1.82, 2.24) is 14.9 Å². The zero-order valence-corrected chi connectivity index (χ0v) is 21.0. The number of hydrogen-bond acceptors (Lipinski definition) is 7. The lowest BCUT2D eigenvalue weighted by molar-refractivity contribution is -0.117. The van der Waals surface area contributed by atoms with Crippen molar-refractivity contribution in [2.24, 2.45) is 5.92 Å². The van der Waals surface area contributed by atoms with Gasteiger partial charge in [0.05, 0.1) is 11.7 Å². The Labute approximate surface area is 212 Å². The van der Waals surface area contributed by atoms with Crippen LogP contribution in [0, 0.1) is 17.8 Å². The maximum atomic E-state index is 12.2. The number of likely N-dealkylation sites (N-methyl/N-ethyl adjacent to an activating group) is 1. The Morgan fingerprint density at radius 3 is 2.58 bits per heavy atom. The number of ether oxygens (including phenoxy) is 1. The fourth-order valence-corrected chi connectivity index (χ4v) is 4.48. The van der Waals surface area contributed by atoms with Gasteiger partial charge < -0.3 is 25.2 Å². The van der Waals surface area contributed by atoms with E-state index in [0.717, 1.165) is 66.7 Å². The summed E-state index contributed by atoms with van der Waals surface area (Å²) in [4.78, 5) is 25.8. The second-order valence-corrected chi connectivity index (χ2v) is 9.51. The summed E-state index contributed by atoms with van der Waals surface area (Å²) in [7, 11) is 5.74. The molecule has 8 heteroatoms. The quantitative estimate of drug-likeness (QED) is 0.538. The Kier molecular flexibility index (Phi) is 7.03. The lowest BCUT2D eigenvalue weighted by Gasteiger charge is -2.25. The van der Waals surface area contributed by atoms with Crippen LogP contribution in [0.2, 0.25) is 0 Å². The van der Waals surface area contributed by atoms with Crippen LogP contribution in [0.5, 0.6) is 0 Å². The van der Waals surface area contributed by atoms with E-state index in [1.807, 2.05) is 13.1 Å². The average molecular weight is 485 g/mol. The zero-order chi connectivity index (χ0) is 25.1. The number of aromatic nitrogens is 2. The minimum absolute atomic E-state index is 0.0327. The van der Waals surface area contributed by atoms with Crippen LogP contribution in [0.25, 0.3) is 10.8 Å². The molecule has 0 radical (unpaired) electrons. The van der Waals surface area contributed by atoms with Gasteiger partial charge in [0, 0.05) is 80.7 Å². The first-order valence-corrected chi connectivity index (χ1v) is 12.4. The Bertz CT molecular complexity index is 1310. The molecule has 5 rings (SSSR count). The SMILES string of the molecule is CNc1ncc(C#Cc2ccc(N3CCN(C)CC(OC)C3)cc2)c2cc(NC(=O)C3CC3)ncc12. The van der Waals surface area contributed by atoms with E-state index in [9.17, 15) is 4.79 Å². The molecule has 36 heavy (non-hydrogen) atoms. The number of hydrogen-bond donors (Lipinski definition) is 2. The first-order valence-electron chi connectivity index (χ1n) is 12.4. The molecule has 1 saturated heterocycles. The van der Waals surface area contributed by atoms with Gasteiger partial charge in [0.2, 0.25) is 5.91 Å². The van der Waals surface area contributed by atoms with Gasteiger partial charge in [0.1, 0.15) is 11.6 Å². The Balaban J connectivity index is 1.39. The van der Waals surface area contributed by atoms with Crippen LogP contribution in [0.15, 0.2) is 42.7 Å². The van der Waals surface area contributed by atoms with Gasteiger partial charge in [-0.2, -0.15) is 0 Å². The molecule has 2 aromatic heterocycles. The van der Waals surface area contributed by atoms with Gasteiger partial charge in [-0.25, -0.2) is 9.97 Å². The van der Waals surface area contributed by atoms with Crippen molar-refractivity contribution in [1.29, 1.82) is 0 Å². The number of rotatable bonds is 5. The second kappa shape index (κ2) is 10.5. The van der Waals surface area contributed by atoms with E-state index in [4.69, 9.17) is 4.74 Å². The lowest BCUT2D eigenvalue weighted by atomic mass is 10.1. The summed E-state index contributed by atoms with van der Waals surface area (Å²) in [6, 6.07) is 10.2. The highest BCUT2D eigenvalue weighted by atomic mass is 16.5. The molecular formula is C28H32N6O2. The predicted molar refractivity (Wildman–Crippen MR) is 143 cm³/mol. The Morgan fingerprint density at radius 2 is 1.86 bits per heavy atom. The summed E-state index contributed by atoms with van der Waals surface area (Å²) in [5.41, 5.74) is 2.89. The second-order valence-electron chi connectivity index (χ2n) is 9.51. The molecule has 2 fully saturated rings. The van der Waals surface area contributed by atoms with Crippen molar-refractivity contribution < 1.29 is 9.53 Å². The number of nitrogens with one attached hydrogen (secondary N) is 2. The van der Waals surface area contributed by atoms with Crippen LogP contribution in [-0.2, 0) is 9.53 Å². The molecule has 1 aliphatic heterocycles. The summed E-state index contributed by atoms with van der Waals surface area (Å²) in [6.45, 7) is 3.77. The summed E-state index contributed by atoms with van der Waals surface area (Å²) < 4.78 is 5.66. The van der Waals surface area contributed by atoms with E-state index < -0.39 is 0 Å². The van der Waals surface area contributed by atoms with Gasteiger partial charge in [-0.3, -0.25) is 4.79 Å². The molecular weight excluding hydrogens is 452 g/mol. The van der Waals surface area contributed by atoms with Crippen LogP contribution in [0.3, 0.4) is 0 Å². The third-order valence-corrected chi connectivity index (χ3v) is 6.81. The zero-order valence-electron chi connectivity index (χ0n) is 21.0. The van der Waals surface area contributed by atoms with Crippen LogP contribution in [0.4, 0.5) is 17.3 Å². The van der Waals surface area contributed by atoms with Gasteiger partial charge >= 0.3 is 0 Å². The summed E-state index contributed by atoms with van der Waals surface area (Å²) in [6.07, 6.45) is 5.59. The normalized spacial score (nSPS) is 18.3. The summed E-state index contributed by atoms with van der Waals surface area (Å²) >= 11 is 0. The molecule has 1 saturated carbocycles. The molecule has 3 aromatic rings. The fourth-order valence-electron chi connectivity index (χ4n) is 4.48. The predicted octanol–water partition coefficient (Wildman–Crippen LogP) is 3.19. The minimum Gasteiger partial charge on any atom is -0.378 e. The molecule has 1 aromatic carbocycles. The third kappa shape index (κ3) is 5.43. The number of carbonyl (C=O) groups excluding carboxylic acids is 1. The number of amides is 1. The highest BCUT2D eigenvalue weighted by Gasteiger charge is 2.29. The third-order valence-electron chi connectivity index (χ3n) is 6.81. The van der Waals surface area contributed by atoms with Gasteiger partial charge in [-0.1, -0.05) is 11.8 Å². The smallest absolute Gasteiger partial charge is 0.228 e. The van der Waals surface area contributed by atoms with Crippen molar-refractivity contribution in [2.75, 3.05) is 62.9 Å². The van der Waals surface area contributed by atoms with Crippen LogP contribution in [-0.4, -0.2) is 74.3 Å². The number of fused-ring (bicyclic) bond motifs is 1. The van der Waals surface area contributed by atoms with Crippen LogP contribution in [0.1, 0.15) is 24.0 Å². The maximum Gasteiger partial charge on any atom is 0.228 e. The highest BCUT2D eigenvalue weighted by Crippen LogP contribution is 2.31. The number of methoxy groups -OCH3 is 1. The average Bonchev–Trinajstić information content (AvgIpc) is 3.76. The van der Waals surface area contributed by atoms with Crippen molar-refractivity contribution in [3.8, 4) is 11.8 Å². The molecule has 0 bridgehead atoms. The molecule has 2 N–H and O–H groups in total. The summed E-state index contributed by atoms with van der Waals surface area (Å²) in [5.74, 6) is 7.98. The molecule has 2 aliphatic rings. The number of pyridine rings is 2. The topological polar surface area (TPSA) is 82.6 Å². The first-order chi connectivity index (χ1) is 17.5. The molecule has 186 valence electrons. The van der Waals surface area contributed by atoms with E-state index in [2.05, 4.69) is 73.6 Å². The molecule has 1 aliphatic carbocycles. The lowest BCUT2D eigenvalue weighted by Crippen LogP contribution is -2.34. The molecule has 1 unspecified atom stereocenters. The fraction of sp³-hybridized carbons (Fsp3) is 0.393. The first kappa shape index (κ1) is 24.0. The minimum atomic E-state index is 0.0327. The Hall–Kier alpha value is -3.67. The number of anilines is 3. The number of nitrogens with zero attached hydrogens (tertiary/aromatic N) is 4. The van der Waals surface area contributed by atoms with Crippen LogP contribution < -0.4 is 15.5 Å². The molecule has 8 nitrogen and oxygen atoms in total.